The first-order chi connectivity index (χ1) is 14.2. The number of aryl methyl sites for hydroxylation is 1. The lowest BCUT2D eigenvalue weighted by atomic mass is 10.1. The summed E-state index contributed by atoms with van der Waals surface area (Å²) < 4.78 is 22.8. The average molecular weight is 395 g/mol. The molecule has 29 heavy (non-hydrogen) atoms. The largest absolute Gasteiger partial charge is 0.460 e. The van der Waals surface area contributed by atoms with Crippen molar-refractivity contribution in [2.45, 2.75) is 13.8 Å². The molecule has 1 aromatic heterocycles. The van der Waals surface area contributed by atoms with Gasteiger partial charge in [0, 0.05) is 17.7 Å². The molecule has 2 aromatic carbocycles. The van der Waals surface area contributed by atoms with Crippen LogP contribution in [0.1, 0.15) is 22.8 Å². The molecule has 0 amide bonds. The fourth-order valence-corrected chi connectivity index (χ4v) is 2.98. The highest BCUT2D eigenvalue weighted by Crippen LogP contribution is 2.33. The minimum atomic E-state index is -0.339. The summed E-state index contributed by atoms with van der Waals surface area (Å²) in [5, 5.41) is 4.30. The van der Waals surface area contributed by atoms with E-state index in [1.54, 1.807) is 18.2 Å². The maximum atomic E-state index is 13.2. The van der Waals surface area contributed by atoms with Gasteiger partial charge in [0.15, 0.2) is 17.3 Å². The second-order valence-electron chi connectivity index (χ2n) is 6.36. The first kappa shape index (κ1) is 18.9. The van der Waals surface area contributed by atoms with Crippen molar-refractivity contribution in [3.63, 3.8) is 0 Å². The van der Waals surface area contributed by atoms with Crippen LogP contribution in [0.4, 0.5) is 0 Å². The van der Waals surface area contributed by atoms with Gasteiger partial charge in [-0.2, -0.15) is 9.67 Å². The summed E-state index contributed by atoms with van der Waals surface area (Å²) in [5.41, 5.74) is 2.18. The molecule has 0 aliphatic carbocycles. The van der Waals surface area contributed by atoms with Crippen LogP contribution in [0.2, 0.25) is 0 Å². The van der Waals surface area contributed by atoms with Crippen molar-refractivity contribution in [2.75, 3.05) is 26.6 Å². The lowest BCUT2D eigenvalue weighted by molar-refractivity contribution is 0.0937. The van der Waals surface area contributed by atoms with Crippen LogP contribution in [0.15, 0.2) is 42.5 Å². The van der Waals surface area contributed by atoms with Crippen LogP contribution in [-0.4, -0.2) is 47.3 Å². The first-order valence-electron chi connectivity index (χ1n) is 9.35. The Kier molecular flexibility index (Phi) is 5.44. The van der Waals surface area contributed by atoms with Gasteiger partial charge in [0.05, 0.1) is 6.61 Å². The second kappa shape index (κ2) is 8.32. The van der Waals surface area contributed by atoms with Gasteiger partial charge in [-0.1, -0.05) is 24.3 Å². The van der Waals surface area contributed by atoms with Gasteiger partial charge in [-0.15, -0.1) is 5.10 Å². The molecule has 0 fully saturated rings. The molecule has 1 aliphatic rings. The predicted octanol–water partition coefficient (Wildman–Crippen LogP) is 3.09. The molecule has 150 valence electrons. The highest BCUT2D eigenvalue weighted by molar-refractivity contribution is 5.98. The van der Waals surface area contributed by atoms with E-state index < -0.39 is 0 Å². The van der Waals surface area contributed by atoms with E-state index in [1.165, 1.54) is 4.68 Å². The van der Waals surface area contributed by atoms with E-state index in [1.807, 2.05) is 38.1 Å². The SMILES string of the molecule is CCOCCOc1nc(-c2ccccc2C)n(C(=O)c2ccc3c(c2)OCO3)n1. The molecule has 0 radical (unpaired) electrons. The number of carbonyl (C=O) groups is 1. The van der Waals surface area contributed by atoms with Crippen molar-refractivity contribution in [3.05, 3.63) is 53.6 Å². The van der Waals surface area contributed by atoms with E-state index in [4.69, 9.17) is 18.9 Å². The molecule has 8 nitrogen and oxygen atoms in total. The molecule has 0 N–H and O–H groups in total. The van der Waals surface area contributed by atoms with E-state index in [-0.39, 0.29) is 18.7 Å². The van der Waals surface area contributed by atoms with Crippen molar-refractivity contribution in [3.8, 4) is 28.9 Å². The van der Waals surface area contributed by atoms with Crippen LogP contribution >= 0.6 is 0 Å². The lowest BCUT2D eigenvalue weighted by Gasteiger charge is -2.07. The molecule has 4 rings (SSSR count). The smallest absolute Gasteiger partial charge is 0.336 e. The molecule has 0 atom stereocenters. The van der Waals surface area contributed by atoms with Gasteiger partial charge < -0.3 is 18.9 Å². The average Bonchev–Trinajstić information content (AvgIpc) is 3.37. The van der Waals surface area contributed by atoms with Gasteiger partial charge in [-0.3, -0.25) is 4.79 Å². The Labute approximate surface area is 168 Å². The molecule has 0 bridgehead atoms. The molecule has 8 heteroatoms. The number of nitrogens with zero attached hydrogens (tertiary/aromatic N) is 3. The van der Waals surface area contributed by atoms with E-state index in [9.17, 15) is 4.79 Å². The maximum absolute atomic E-state index is 13.2. The summed E-state index contributed by atoms with van der Waals surface area (Å²) in [7, 11) is 0. The van der Waals surface area contributed by atoms with Crippen LogP contribution in [0.3, 0.4) is 0 Å². The van der Waals surface area contributed by atoms with Gasteiger partial charge in [0.25, 0.3) is 5.91 Å². The van der Waals surface area contributed by atoms with E-state index in [2.05, 4.69) is 10.1 Å². The van der Waals surface area contributed by atoms with E-state index >= 15 is 0 Å². The standard InChI is InChI=1S/C21H21N3O5/c1-3-26-10-11-27-21-22-19(16-7-5-4-6-14(16)2)24(23-21)20(25)15-8-9-17-18(12-15)29-13-28-17/h4-9,12H,3,10-11,13H2,1-2H3. The zero-order valence-corrected chi connectivity index (χ0v) is 16.3. The predicted molar refractivity (Wildman–Crippen MR) is 104 cm³/mol. The van der Waals surface area contributed by atoms with Crippen LogP contribution in [0.25, 0.3) is 11.4 Å². The zero-order valence-electron chi connectivity index (χ0n) is 16.3. The molecule has 0 spiro atoms. The van der Waals surface area contributed by atoms with Crippen LogP contribution in [-0.2, 0) is 4.74 Å². The number of aromatic nitrogens is 3. The zero-order chi connectivity index (χ0) is 20.2. The van der Waals surface area contributed by atoms with Crippen LogP contribution in [0.5, 0.6) is 17.5 Å². The third kappa shape index (κ3) is 3.93. The molecule has 0 unspecified atom stereocenters. The molecule has 0 saturated heterocycles. The summed E-state index contributed by atoms with van der Waals surface area (Å²) in [6.07, 6.45) is 0. The molecular weight excluding hydrogens is 374 g/mol. The monoisotopic (exact) mass is 395 g/mol. The van der Waals surface area contributed by atoms with Crippen molar-refractivity contribution in [1.82, 2.24) is 14.8 Å². The number of hydrogen-bond acceptors (Lipinski definition) is 7. The fraction of sp³-hybridized carbons (Fsp3) is 0.286. The molecule has 1 aliphatic heterocycles. The number of fused-ring (bicyclic) bond motifs is 1. The van der Waals surface area contributed by atoms with Gasteiger partial charge in [-0.05, 0) is 37.6 Å². The Morgan fingerprint density at radius 3 is 2.79 bits per heavy atom. The fourth-order valence-electron chi connectivity index (χ4n) is 2.98. The molecular formula is C21H21N3O5. The minimum Gasteiger partial charge on any atom is -0.460 e. The normalized spacial score (nSPS) is 12.2. The van der Waals surface area contributed by atoms with Crippen molar-refractivity contribution < 1.29 is 23.7 Å². The Morgan fingerprint density at radius 1 is 1.14 bits per heavy atom. The van der Waals surface area contributed by atoms with Gasteiger partial charge in [-0.25, -0.2) is 0 Å². The van der Waals surface area contributed by atoms with Crippen LogP contribution in [0, 0.1) is 6.92 Å². The Balaban J connectivity index is 1.69. The van der Waals surface area contributed by atoms with Gasteiger partial charge in [0.2, 0.25) is 6.79 Å². The van der Waals surface area contributed by atoms with Crippen molar-refractivity contribution in [1.29, 1.82) is 0 Å². The Bertz CT molecular complexity index is 1030. The minimum absolute atomic E-state index is 0.122. The Hall–Kier alpha value is -3.39. The van der Waals surface area contributed by atoms with E-state index in [0.717, 1.165) is 11.1 Å². The van der Waals surface area contributed by atoms with Crippen LogP contribution < -0.4 is 14.2 Å². The highest BCUT2D eigenvalue weighted by Gasteiger charge is 2.23. The molecule has 0 saturated carbocycles. The second-order valence-corrected chi connectivity index (χ2v) is 6.36. The quantitative estimate of drug-likeness (QED) is 0.568. The summed E-state index contributed by atoms with van der Waals surface area (Å²) in [4.78, 5) is 17.7. The first-order valence-corrected chi connectivity index (χ1v) is 9.35. The topological polar surface area (TPSA) is 84.7 Å². The highest BCUT2D eigenvalue weighted by atomic mass is 16.7. The number of hydrogen-bond donors (Lipinski definition) is 0. The summed E-state index contributed by atoms with van der Waals surface area (Å²) in [6.45, 7) is 5.32. The van der Waals surface area contributed by atoms with Gasteiger partial charge in [0.1, 0.15) is 6.61 Å². The molecule has 3 aromatic rings. The third-order valence-electron chi connectivity index (χ3n) is 4.45. The third-order valence-corrected chi connectivity index (χ3v) is 4.45. The molecule has 2 heterocycles. The summed E-state index contributed by atoms with van der Waals surface area (Å²) >= 11 is 0. The van der Waals surface area contributed by atoms with Gasteiger partial charge >= 0.3 is 6.01 Å². The lowest BCUT2D eigenvalue weighted by Crippen LogP contribution is -2.15. The maximum Gasteiger partial charge on any atom is 0.336 e. The van der Waals surface area contributed by atoms with Crippen molar-refractivity contribution >= 4 is 5.91 Å². The number of carbonyl (C=O) groups excluding carboxylic acids is 1. The summed E-state index contributed by atoms with van der Waals surface area (Å²) in [6, 6.07) is 12.8. The number of ether oxygens (including phenoxy) is 4. The Morgan fingerprint density at radius 2 is 1.97 bits per heavy atom. The number of benzene rings is 2. The van der Waals surface area contributed by atoms with E-state index in [0.29, 0.717) is 42.7 Å². The number of rotatable bonds is 7. The van der Waals surface area contributed by atoms with Crippen molar-refractivity contribution in [2.24, 2.45) is 0 Å². The summed E-state index contributed by atoms with van der Waals surface area (Å²) in [5.74, 6) is 1.21.